The average Bonchev–Trinajstić information content (AvgIpc) is 3.33. The fraction of sp³-hybridized carbons (Fsp3) is 0.263. The maximum atomic E-state index is 12.7. The molecule has 0 radical (unpaired) electrons. The van der Waals surface area contributed by atoms with Crippen molar-refractivity contribution in [3.63, 3.8) is 0 Å². The van der Waals surface area contributed by atoms with Gasteiger partial charge in [-0.2, -0.15) is 0 Å². The summed E-state index contributed by atoms with van der Waals surface area (Å²) in [5, 5.41) is 3.92. The number of halogens is 1. The topological polar surface area (TPSA) is 80.1 Å². The molecule has 0 saturated carbocycles. The smallest absolute Gasteiger partial charge is 0.231 e. The molecule has 28 heavy (non-hydrogen) atoms. The highest BCUT2D eigenvalue weighted by Gasteiger charge is 2.35. The fourth-order valence-electron chi connectivity index (χ4n) is 3.23. The summed E-state index contributed by atoms with van der Waals surface area (Å²) in [7, 11) is 1.91. The molecule has 4 rings (SSSR count). The average molecular weight is 416 g/mol. The van der Waals surface area contributed by atoms with Crippen molar-refractivity contribution in [2.75, 3.05) is 16.8 Å². The molecule has 0 aliphatic carbocycles. The van der Waals surface area contributed by atoms with Crippen LogP contribution in [0.15, 0.2) is 36.7 Å². The molecule has 9 heteroatoms. The van der Waals surface area contributed by atoms with Crippen LogP contribution in [0.25, 0.3) is 10.7 Å². The molecule has 7 nitrogen and oxygen atoms in total. The molecule has 1 aromatic carbocycles. The van der Waals surface area contributed by atoms with Crippen LogP contribution in [-0.2, 0) is 16.6 Å². The van der Waals surface area contributed by atoms with E-state index in [2.05, 4.69) is 15.3 Å². The van der Waals surface area contributed by atoms with E-state index in [-0.39, 0.29) is 18.2 Å². The lowest BCUT2D eigenvalue weighted by molar-refractivity contribution is -0.122. The van der Waals surface area contributed by atoms with Crippen LogP contribution >= 0.6 is 22.9 Å². The Hall–Kier alpha value is -2.71. The summed E-state index contributed by atoms with van der Waals surface area (Å²) in [6, 6.07) is 7.08. The molecular weight excluding hydrogens is 398 g/mol. The van der Waals surface area contributed by atoms with E-state index >= 15 is 0 Å². The van der Waals surface area contributed by atoms with Crippen molar-refractivity contribution in [2.45, 2.75) is 13.3 Å². The fourth-order valence-corrected chi connectivity index (χ4v) is 4.42. The van der Waals surface area contributed by atoms with Gasteiger partial charge in [0.05, 0.1) is 16.5 Å². The van der Waals surface area contributed by atoms with Crippen molar-refractivity contribution in [3.8, 4) is 10.7 Å². The van der Waals surface area contributed by atoms with E-state index in [0.29, 0.717) is 22.4 Å². The number of nitrogens with zero attached hydrogens (tertiary/aromatic N) is 4. The number of rotatable bonds is 4. The maximum absolute atomic E-state index is 12.7. The first-order valence-corrected chi connectivity index (χ1v) is 9.93. The van der Waals surface area contributed by atoms with Crippen LogP contribution in [0.5, 0.6) is 0 Å². The molecule has 3 aromatic rings. The van der Waals surface area contributed by atoms with E-state index in [0.717, 1.165) is 16.4 Å². The first-order valence-electron chi connectivity index (χ1n) is 8.74. The number of imidazole rings is 1. The van der Waals surface area contributed by atoms with Crippen molar-refractivity contribution in [1.82, 2.24) is 14.5 Å². The van der Waals surface area contributed by atoms with Crippen molar-refractivity contribution in [3.05, 3.63) is 47.4 Å². The van der Waals surface area contributed by atoms with Crippen LogP contribution in [0.1, 0.15) is 12.1 Å². The molecule has 0 bridgehead atoms. The van der Waals surface area contributed by atoms with Gasteiger partial charge in [-0.05, 0) is 25.1 Å². The largest absolute Gasteiger partial charge is 0.333 e. The minimum atomic E-state index is -0.438. The van der Waals surface area contributed by atoms with E-state index < -0.39 is 5.92 Å². The third kappa shape index (κ3) is 3.53. The van der Waals surface area contributed by atoms with Crippen LogP contribution < -0.4 is 10.2 Å². The summed E-state index contributed by atoms with van der Waals surface area (Å²) in [6.45, 7) is 2.21. The highest BCUT2D eigenvalue weighted by atomic mass is 35.5. The lowest BCUT2D eigenvalue weighted by Crippen LogP contribution is -2.28. The summed E-state index contributed by atoms with van der Waals surface area (Å²) in [6.07, 6.45) is 3.75. The third-order valence-electron chi connectivity index (χ3n) is 4.67. The number of aromatic nitrogens is 3. The van der Waals surface area contributed by atoms with Gasteiger partial charge in [-0.25, -0.2) is 9.97 Å². The van der Waals surface area contributed by atoms with Crippen molar-refractivity contribution in [2.24, 2.45) is 13.0 Å². The first kappa shape index (κ1) is 18.6. The monoisotopic (exact) mass is 415 g/mol. The van der Waals surface area contributed by atoms with Crippen LogP contribution in [0, 0.1) is 12.8 Å². The zero-order valence-corrected chi connectivity index (χ0v) is 16.9. The summed E-state index contributed by atoms with van der Waals surface area (Å²) in [4.78, 5) is 36.4. The summed E-state index contributed by atoms with van der Waals surface area (Å²) < 4.78 is 1.91. The van der Waals surface area contributed by atoms with Crippen LogP contribution in [0.2, 0.25) is 5.02 Å². The SMILES string of the molecule is Cc1nc(NC(=O)[C@@H]2CC(=O)N(c3cccc(Cl)c3)C2)sc1-c1nccn1C. The molecule has 0 spiro atoms. The van der Waals surface area contributed by atoms with Gasteiger partial charge >= 0.3 is 0 Å². The first-order chi connectivity index (χ1) is 13.4. The van der Waals surface area contributed by atoms with Crippen LogP contribution in [0.3, 0.4) is 0 Å². The molecule has 0 unspecified atom stereocenters. The van der Waals surface area contributed by atoms with E-state index in [1.54, 1.807) is 29.3 Å². The minimum Gasteiger partial charge on any atom is -0.333 e. The van der Waals surface area contributed by atoms with E-state index in [9.17, 15) is 9.59 Å². The Morgan fingerprint density at radius 2 is 2.21 bits per heavy atom. The van der Waals surface area contributed by atoms with Gasteiger partial charge in [0.25, 0.3) is 0 Å². The molecule has 3 heterocycles. The number of anilines is 2. The second kappa shape index (κ2) is 7.37. The van der Waals surface area contributed by atoms with Crippen LogP contribution in [-0.4, -0.2) is 32.9 Å². The van der Waals surface area contributed by atoms with Crippen molar-refractivity contribution in [1.29, 1.82) is 0 Å². The van der Waals surface area contributed by atoms with E-state index in [1.165, 1.54) is 11.3 Å². The van der Waals surface area contributed by atoms with Gasteiger partial charge in [0.15, 0.2) is 11.0 Å². The highest BCUT2D eigenvalue weighted by molar-refractivity contribution is 7.19. The molecule has 1 aliphatic heterocycles. The number of thiazole rings is 1. The number of carbonyl (C=O) groups excluding carboxylic acids is 2. The van der Waals surface area contributed by atoms with Gasteiger partial charge in [0.2, 0.25) is 11.8 Å². The number of hydrogen-bond acceptors (Lipinski definition) is 5. The standard InChI is InChI=1S/C19H18ClN5O2S/c1-11-16(17-21-6-7-24(17)2)28-19(22-11)23-18(27)12-8-15(26)25(10-12)14-5-3-4-13(20)9-14/h3-7,9,12H,8,10H2,1-2H3,(H,22,23,27)/t12-/m1/s1. The number of aryl methyl sites for hydroxylation is 2. The molecule has 2 aromatic heterocycles. The number of carbonyl (C=O) groups is 2. The molecule has 1 saturated heterocycles. The zero-order chi connectivity index (χ0) is 19.8. The summed E-state index contributed by atoms with van der Waals surface area (Å²) >= 11 is 7.39. The number of amides is 2. The lowest BCUT2D eigenvalue weighted by Gasteiger charge is -2.16. The molecule has 144 valence electrons. The van der Waals surface area contributed by atoms with Gasteiger partial charge in [0.1, 0.15) is 0 Å². The van der Waals surface area contributed by atoms with Gasteiger partial charge in [-0.15, -0.1) is 0 Å². The number of nitrogens with one attached hydrogen (secondary N) is 1. The Bertz CT molecular complexity index is 1060. The minimum absolute atomic E-state index is 0.0913. The third-order valence-corrected chi connectivity index (χ3v) is 5.97. The molecule has 1 fully saturated rings. The molecule has 1 atom stereocenters. The van der Waals surface area contributed by atoms with Gasteiger partial charge < -0.3 is 14.8 Å². The number of hydrogen-bond donors (Lipinski definition) is 1. The molecule has 2 amide bonds. The van der Waals surface area contributed by atoms with Crippen LogP contribution in [0.4, 0.5) is 10.8 Å². The zero-order valence-electron chi connectivity index (χ0n) is 15.3. The molecule has 1 N–H and O–H groups in total. The van der Waals surface area contributed by atoms with Crippen molar-refractivity contribution >= 4 is 45.6 Å². The number of benzene rings is 1. The Labute approximate surface area is 171 Å². The lowest BCUT2D eigenvalue weighted by atomic mass is 10.1. The molecular formula is C19H18ClN5O2S. The quantitative estimate of drug-likeness (QED) is 0.707. The predicted octanol–water partition coefficient (Wildman–Crippen LogP) is 3.50. The van der Waals surface area contributed by atoms with Gasteiger partial charge in [-0.1, -0.05) is 29.0 Å². The van der Waals surface area contributed by atoms with Gasteiger partial charge in [0, 0.05) is 43.1 Å². The Morgan fingerprint density at radius 1 is 1.39 bits per heavy atom. The Balaban J connectivity index is 1.48. The Morgan fingerprint density at radius 3 is 2.93 bits per heavy atom. The summed E-state index contributed by atoms with van der Waals surface area (Å²) in [5.74, 6) is 0.0652. The Kier molecular flexibility index (Phi) is 4.91. The second-order valence-corrected chi connectivity index (χ2v) is 8.11. The predicted molar refractivity (Wildman–Crippen MR) is 110 cm³/mol. The second-order valence-electron chi connectivity index (χ2n) is 6.67. The summed E-state index contributed by atoms with van der Waals surface area (Å²) in [5.41, 5.74) is 1.51. The van der Waals surface area contributed by atoms with Crippen molar-refractivity contribution < 1.29 is 9.59 Å². The van der Waals surface area contributed by atoms with Gasteiger partial charge in [-0.3, -0.25) is 9.59 Å². The molecule has 1 aliphatic rings. The maximum Gasteiger partial charge on any atom is 0.231 e. The normalized spacial score (nSPS) is 16.6. The van der Waals surface area contributed by atoms with E-state index in [4.69, 9.17) is 11.6 Å². The van der Waals surface area contributed by atoms with E-state index in [1.807, 2.05) is 30.8 Å². The highest BCUT2D eigenvalue weighted by Crippen LogP contribution is 2.32.